The maximum Gasteiger partial charge on any atom is 0.414 e. The summed E-state index contributed by atoms with van der Waals surface area (Å²) in [5.74, 6) is 0.408. The second kappa shape index (κ2) is 9.22. The van der Waals surface area contributed by atoms with E-state index in [4.69, 9.17) is 4.74 Å². The molecule has 1 N–H and O–H groups in total. The van der Waals surface area contributed by atoms with E-state index in [9.17, 15) is 9.59 Å². The number of hydrogen-bond acceptors (Lipinski definition) is 3. The first-order valence-corrected chi connectivity index (χ1v) is 8.01. The number of halogens is 1. The molecular formula is C17H26IN3O3. The van der Waals surface area contributed by atoms with Gasteiger partial charge in [-0.15, -0.1) is 0 Å². The Labute approximate surface area is 160 Å². The molecule has 1 aromatic rings. The SMILES string of the molecule is CN(C)C(=O)Oc1cccc(NC(=O)C[N+]2(C)CCCCC2)c1.[I-]. The summed E-state index contributed by atoms with van der Waals surface area (Å²) < 4.78 is 5.99. The summed E-state index contributed by atoms with van der Waals surface area (Å²) in [6.07, 6.45) is 3.17. The van der Waals surface area contributed by atoms with E-state index in [1.807, 2.05) is 0 Å². The van der Waals surface area contributed by atoms with Crippen LogP contribution in [0.15, 0.2) is 24.3 Å². The predicted molar refractivity (Wildman–Crippen MR) is 89.4 cm³/mol. The normalized spacial score (nSPS) is 15.8. The Morgan fingerprint density at radius 2 is 1.88 bits per heavy atom. The van der Waals surface area contributed by atoms with Crippen LogP contribution in [0.1, 0.15) is 19.3 Å². The maximum atomic E-state index is 12.3. The number of nitrogens with zero attached hydrogens (tertiary/aromatic N) is 2. The molecule has 134 valence electrons. The number of likely N-dealkylation sites (tertiary alicyclic amines) is 1. The highest BCUT2D eigenvalue weighted by molar-refractivity contribution is 5.91. The Morgan fingerprint density at radius 3 is 2.50 bits per heavy atom. The number of hydrogen-bond donors (Lipinski definition) is 1. The number of ether oxygens (including phenoxy) is 1. The maximum absolute atomic E-state index is 12.3. The number of anilines is 1. The smallest absolute Gasteiger partial charge is 0.414 e. The molecule has 6 nitrogen and oxygen atoms in total. The fourth-order valence-electron chi connectivity index (χ4n) is 2.81. The summed E-state index contributed by atoms with van der Waals surface area (Å²) in [5.41, 5.74) is 0.641. The van der Waals surface area contributed by atoms with Crippen molar-refractivity contribution < 1.29 is 42.8 Å². The highest BCUT2D eigenvalue weighted by Crippen LogP contribution is 2.19. The fraction of sp³-hybridized carbons (Fsp3) is 0.529. The molecule has 1 fully saturated rings. The van der Waals surface area contributed by atoms with Gasteiger partial charge in [-0.3, -0.25) is 4.79 Å². The van der Waals surface area contributed by atoms with E-state index in [1.165, 1.54) is 24.2 Å². The highest BCUT2D eigenvalue weighted by atomic mass is 127. The summed E-state index contributed by atoms with van der Waals surface area (Å²) in [5, 5.41) is 2.90. The standard InChI is InChI=1S/C17H25N3O3.HI/c1-19(2)17(22)23-15-9-7-8-14(12-15)18-16(21)13-20(3)10-5-4-6-11-20;/h7-9,12H,4-6,10-11,13H2,1-3H3;1H. The van der Waals surface area contributed by atoms with Gasteiger partial charge in [0.2, 0.25) is 0 Å². The van der Waals surface area contributed by atoms with Gasteiger partial charge in [0, 0.05) is 25.8 Å². The van der Waals surface area contributed by atoms with Crippen molar-refractivity contribution in [1.82, 2.24) is 4.90 Å². The van der Waals surface area contributed by atoms with Crippen molar-refractivity contribution in [1.29, 1.82) is 0 Å². The molecule has 1 aromatic carbocycles. The molecule has 0 spiro atoms. The minimum Gasteiger partial charge on any atom is -1.00 e. The first kappa shape index (κ1) is 20.7. The third-order valence-corrected chi connectivity index (χ3v) is 4.11. The second-order valence-corrected chi connectivity index (χ2v) is 6.62. The average Bonchev–Trinajstić information content (AvgIpc) is 2.47. The van der Waals surface area contributed by atoms with Crippen molar-refractivity contribution >= 4 is 17.7 Å². The van der Waals surface area contributed by atoms with Crippen molar-refractivity contribution in [2.75, 3.05) is 46.1 Å². The third kappa shape index (κ3) is 6.27. The molecule has 2 amide bonds. The van der Waals surface area contributed by atoms with Gasteiger partial charge in [0.1, 0.15) is 5.75 Å². The van der Waals surface area contributed by atoms with Crippen molar-refractivity contribution in [3.8, 4) is 5.75 Å². The number of nitrogens with one attached hydrogen (secondary N) is 1. The minimum atomic E-state index is -0.445. The van der Waals surface area contributed by atoms with Crippen LogP contribution in [0.3, 0.4) is 0 Å². The average molecular weight is 447 g/mol. The van der Waals surface area contributed by atoms with Gasteiger partial charge < -0.3 is 43.4 Å². The molecule has 0 aromatic heterocycles. The van der Waals surface area contributed by atoms with Gasteiger partial charge in [-0.2, -0.15) is 0 Å². The Bertz CT molecular complexity index is 572. The monoisotopic (exact) mass is 447 g/mol. The molecule has 1 aliphatic heterocycles. The van der Waals surface area contributed by atoms with E-state index < -0.39 is 6.09 Å². The summed E-state index contributed by atoms with van der Waals surface area (Å²) in [6, 6.07) is 6.90. The lowest BCUT2D eigenvalue weighted by molar-refractivity contribution is -0.906. The van der Waals surface area contributed by atoms with Crippen LogP contribution in [-0.4, -0.2) is 62.2 Å². The van der Waals surface area contributed by atoms with Crippen LogP contribution in [-0.2, 0) is 4.79 Å². The molecule has 0 unspecified atom stereocenters. The van der Waals surface area contributed by atoms with E-state index in [-0.39, 0.29) is 29.9 Å². The molecule has 2 rings (SSSR count). The predicted octanol–water partition coefficient (Wildman–Crippen LogP) is -0.680. The largest absolute Gasteiger partial charge is 1.00 e. The molecule has 1 aliphatic rings. The van der Waals surface area contributed by atoms with E-state index in [0.29, 0.717) is 18.0 Å². The number of carbonyl (C=O) groups excluding carboxylic acids is 2. The molecule has 1 heterocycles. The number of quaternary nitrogens is 1. The number of carbonyl (C=O) groups is 2. The number of likely N-dealkylation sites (N-methyl/N-ethyl adjacent to an activating group) is 1. The van der Waals surface area contributed by atoms with Gasteiger partial charge >= 0.3 is 6.09 Å². The Kier molecular flexibility index (Phi) is 7.95. The van der Waals surface area contributed by atoms with Gasteiger partial charge in [0.25, 0.3) is 5.91 Å². The fourth-order valence-corrected chi connectivity index (χ4v) is 2.81. The molecular weight excluding hydrogens is 421 g/mol. The van der Waals surface area contributed by atoms with Crippen LogP contribution < -0.4 is 34.0 Å². The summed E-state index contributed by atoms with van der Waals surface area (Å²) in [7, 11) is 5.38. The number of piperidine rings is 1. The molecule has 0 aliphatic carbocycles. The first-order chi connectivity index (χ1) is 10.9. The summed E-state index contributed by atoms with van der Waals surface area (Å²) in [6.45, 7) is 2.57. The quantitative estimate of drug-likeness (QED) is 0.492. The zero-order valence-electron chi connectivity index (χ0n) is 14.5. The van der Waals surface area contributed by atoms with E-state index in [1.54, 1.807) is 38.4 Å². The Hall–Kier alpha value is -1.35. The van der Waals surface area contributed by atoms with Crippen LogP contribution in [0.25, 0.3) is 0 Å². The Balaban J connectivity index is 0.00000288. The lowest BCUT2D eigenvalue weighted by Crippen LogP contribution is -3.00. The Morgan fingerprint density at radius 1 is 1.21 bits per heavy atom. The number of rotatable bonds is 4. The second-order valence-electron chi connectivity index (χ2n) is 6.62. The highest BCUT2D eigenvalue weighted by Gasteiger charge is 2.27. The molecule has 0 radical (unpaired) electrons. The van der Waals surface area contributed by atoms with E-state index in [2.05, 4.69) is 12.4 Å². The lowest BCUT2D eigenvalue weighted by atomic mass is 10.1. The van der Waals surface area contributed by atoms with Gasteiger partial charge in [-0.25, -0.2) is 4.79 Å². The zero-order chi connectivity index (χ0) is 16.9. The molecule has 0 atom stereocenters. The summed E-state index contributed by atoms with van der Waals surface area (Å²) in [4.78, 5) is 25.2. The van der Waals surface area contributed by atoms with Crippen molar-refractivity contribution in [3.05, 3.63) is 24.3 Å². The first-order valence-electron chi connectivity index (χ1n) is 8.01. The van der Waals surface area contributed by atoms with Crippen molar-refractivity contribution in [2.24, 2.45) is 0 Å². The molecule has 1 saturated heterocycles. The molecule has 24 heavy (non-hydrogen) atoms. The molecule has 0 bridgehead atoms. The molecule has 0 saturated carbocycles. The van der Waals surface area contributed by atoms with Gasteiger partial charge in [0.05, 0.1) is 20.1 Å². The van der Waals surface area contributed by atoms with Crippen molar-refractivity contribution in [2.45, 2.75) is 19.3 Å². The molecule has 7 heteroatoms. The van der Waals surface area contributed by atoms with Crippen LogP contribution in [0.5, 0.6) is 5.75 Å². The van der Waals surface area contributed by atoms with Crippen LogP contribution in [0, 0.1) is 0 Å². The third-order valence-electron chi connectivity index (χ3n) is 4.11. The van der Waals surface area contributed by atoms with Crippen molar-refractivity contribution in [3.63, 3.8) is 0 Å². The van der Waals surface area contributed by atoms with E-state index >= 15 is 0 Å². The van der Waals surface area contributed by atoms with Gasteiger partial charge in [0.15, 0.2) is 6.54 Å². The number of amides is 2. The van der Waals surface area contributed by atoms with E-state index in [0.717, 1.165) is 17.6 Å². The van der Waals surface area contributed by atoms with Crippen LogP contribution >= 0.6 is 0 Å². The topological polar surface area (TPSA) is 58.6 Å². The minimum absolute atomic E-state index is 0. The van der Waals surface area contributed by atoms with Crippen LogP contribution in [0.2, 0.25) is 0 Å². The van der Waals surface area contributed by atoms with Crippen LogP contribution in [0.4, 0.5) is 10.5 Å². The summed E-state index contributed by atoms with van der Waals surface area (Å²) >= 11 is 0. The zero-order valence-corrected chi connectivity index (χ0v) is 16.7. The lowest BCUT2D eigenvalue weighted by Gasteiger charge is -2.37. The van der Waals surface area contributed by atoms with Gasteiger partial charge in [-0.1, -0.05) is 6.07 Å². The number of benzene rings is 1. The van der Waals surface area contributed by atoms with Gasteiger partial charge in [-0.05, 0) is 31.4 Å².